The van der Waals surface area contributed by atoms with Crippen LogP contribution in [0, 0.1) is 11.8 Å². The Morgan fingerprint density at radius 1 is 1.43 bits per heavy atom. The Labute approximate surface area is 82.9 Å². The molecule has 3 unspecified atom stereocenters. The van der Waals surface area contributed by atoms with Gasteiger partial charge < -0.3 is 5.11 Å². The topological polar surface area (TPSA) is 57.6 Å². The highest BCUT2D eigenvalue weighted by atomic mass is 16.3. The molecule has 0 radical (unpaired) electrons. The number of hydrogen-bond donors (Lipinski definition) is 1. The maximum Gasteiger partial charge on any atom is 0.233 e. The van der Waals surface area contributed by atoms with Crippen molar-refractivity contribution in [2.45, 2.75) is 32.3 Å². The van der Waals surface area contributed by atoms with Crippen molar-refractivity contribution in [2.24, 2.45) is 11.8 Å². The maximum absolute atomic E-state index is 11.5. The van der Waals surface area contributed by atoms with Gasteiger partial charge in [-0.3, -0.25) is 14.5 Å². The molecule has 0 aromatic carbocycles. The lowest BCUT2D eigenvalue weighted by molar-refractivity contribution is -0.143. The van der Waals surface area contributed by atoms with Crippen molar-refractivity contribution in [1.82, 2.24) is 4.90 Å². The summed E-state index contributed by atoms with van der Waals surface area (Å²) in [6, 6.07) is 0. The number of imide groups is 1. The molecule has 2 rings (SSSR count). The Kier molecular flexibility index (Phi) is 2.31. The van der Waals surface area contributed by atoms with E-state index >= 15 is 0 Å². The summed E-state index contributed by atoms with van der Waals surface area (Å²) in [7, 11) is 0. The molecule has 0 spiro atoms. The molecule has 1 aliphatic carbocycles. The Balaban J connectivity index is 1.92. The fourth-order valence-electron chi connectivity index (χ4n) is 2.06. The molecule has 78 valence electrons. The van der Waals surface area contributed by atoms with Crippen LogP contribution >= 0.6 is 0 Å². The third-order valence-corrected chi connectivity index (χ3v) is 2.97. The molecule has 2 amide bonds. The van der Waals surface area contributed by atoms with E-state index < -0.39 is 6.10 Å². The lowest BCUT2D eigenvalue weighted by Gasteiger charge is -2.19. The molecule has 4 heteroatoms. The van der Waals surface area contributed by atoms with Crippen molar-refractivity contribution in [3.05, 3.63) is 0 Å². The quantitative estimate of drug-likeness (QED) is 0.653. The van der Waals surface area contributed by atoms with Gasteiger partial charge in [-0.05, 0) is 12.8 Å². The maximum atomic E-state index is 11.5. The van der Waals surface area contributed by atoms with E-state index in [4.69, 9.17) is 0 Å². The van der Waals surface area contributed by atoms with Gasteiger partial charge in [0.1, 0.15) is 0 Å². The first-order valence-electron chi connectivity index (χ1n) is 5.18. The fourth-order valence-corrected chi connectivity index (χ4v) is 2.06. The molecule has 4 nitrogen and oxygen atoms in total. The van der Waals surface area contributed by atoms with Gasteiger partial charge in [-0.25, -0.2) is 0 Å². The second kappa shape index (κ2) is 3.35. The molecule has 1 saturated carbocycles. The lowest BCUT2D eigenvalue weighted by atomic mass is 10.2. The molecule has 0 bridgehead atoms. The van der Waals surface area contributed by atoms with Gasteiger partial charge in [-0.15, -0.1) is 0 Å². The van der Waals surface area contributed by atoms with Crippen LogP contribution in [-0.4, -0.2) is 34.5 Å². The molecule has 0 aromatic heterocycles. The van der Waals surface area contributed by atoms with E-state index in [1.165, 1.54) is 4.90 Å². The molecule has 2 aliphatic rings. The summed E-state index contributed by atoms with van der Waals surface area (Å²) in [5.74, 6) is -0.238. The van der Waals surface area contributed by atoms with Crippen LogP contribution in [0.1, 0.15) is 26.2 Å². The third kappa shape index (κ3) is 1.43. The van der Waals surface area contributed by atoms with E-state index in [9.17, 15) is 14.7 Å². The number of aliphatic hydroxyl groups is 1. The summed E-state index contributed by atoms with van der Waals surface area (Å²) in [5.41, 5.74) is 0. The Bertz CT molecular complexity index is 257. The Hall–Kier alpha value is -0.900. The first kappa shape index (κ1) is 9.65. The molecule has 2 fully saturated rings. The number of β-amino-alcohol motifs (C(OH)–C–C–N with tert-alkyl or cyclic N) is 1. The van der Waals surface area contributed by atoms with Crippen molar-refractivity contribution < 1.29 is 14.7 Å². The standard InChI is InChI=1S/C10H15NO3/c1-2-3-6(12)5-11-9(13)7-4-8(7)10(11)14/h6-8,12H,2-5H2,1H3. The second-order valence-corrected chi connectivity index (χ2v) is 4.18. The fraction of sp³-hybridized carbons (Fsp3) is 0.800. The average Bonchev–Trinajstić information content (AvgIpc) is 2.87. The first-order valence-corrected chi connectivity index (χ1v) is 5.18. The normalized spacial score (nSPS) is 32.0. The second-order valence-electron chi connectivity index (χ2n) is 4.18. The van der Waals surface area contributed by atoms with E-state index in [1.807, 2.05) is 6.92 Å². The van der Waals surface area contributed by atoms with Crippen LogP contribution in [0.15, 0.2) is 0 Å². The number of nitrogens with zero attached hydrogens (tertiary/aromatic N) is 1. The number of amides is 2. The number of rotatable bonds is 4. The molecular weight excluding hydrogens is 182 g/mol. The number of carbonyl (C=O) groups is 2. The smallest absolute Gasteiger partial charge is 0.233 e. The van der Waals surface area contributed by atoms with Crippen molar-refractivity contribution in [3.63, 3.8) is 0 Å². The predicted molar refractivity (Wildman–Crippen MR) is 49.2 cm³/mol. The van der Waals surface area contributed by atoms with Gasteiger partial charge in [0.2, 0.25) is 11.8 Å². The minimum absolute atomic E-state index is 0.0451. The number of fused-ring (bicyclic) bond motifs is 1. The molecule has 1 N–H and O–H groups in total. The summed E-state index contributed by atoms with van der Waals surface area (Å²) in [6.45, 7) is 2.16. The van der Waals surface area contributed by atoms with Gasteiger partial charge in [-0.1, -0.05) is 13.3 Å². The number of likely N-dealkylation sites (tertiary alicyclic amines) is 1. The van der Waals surface area contributed by atoms with Crippen LogP contribution in [0.4, 0.5) is 0 Å². The zero-order valence-corrected chi connectivity index (χ0v) is 8.27. The zero-order chi connectivity index (χ0) is 10.3. The third-order valence-electron chi connectivity index (χ3n) is 2.97. The SMILES string of the molecule is CCCC(O)CN1C(=O)C2CC2C1=O. The predicted octanol–water partition coefficient (Wildman–Crippen LogP) is 0.152. The van der Waals surface area contributed by atoms with Crippen LogP contribution in [0.5, 0.6) is 0 Å². The van der Waals surface area contributed by atoms with E-state index in [-0.39, 0.29) is 30.2 Å². The van der Waals surface area contributed by atoms with Crippen molar-refractivity contribution in [1.29, 1.82) is 0 Å². The summed E-state index contributed by atoms with van der Waals surface area (Å²) in [5, 5.41) is 9.50. The highest BCUT2D eigenvalue weighted by Gasteiger charge is 2.58. The summed E-state index contributed by atoms with van der Waals surface area (Å²) in [4.78, 5) is 24.2. The number of carbonyl (C=O) groups excluding carboxylic acids is 2. The van der Waals surface area contributed by atoms with E-state index in [2.05, 4.69) is 0 Å². The van der Waals surface area contributed by atoms with Gasteiger partial charge in [0, 0.05) is 0 Å². The first-order chi connectivity index (χ1) is 6.65. The average molecular weight is 197 g/mol. The summed E-state index contributed by atoms with van der Waals surface area (Å²) >= 11 is 0. The lowest BCUT2D eigenvalue weighted by Crippen LogP contribution is -2.39. The number of aliphatic hydroxyl groups excluding tert-OH is 1. The Morgan fingerprint density at radius 3 is 2.50 bits per heavy atom. The molecule has 1 saturated heterocycles. The van der Waals surface area contributed by atoms with Crippen molar-refractivity contribution >= 4 is 11.8 Å². The van der Waals surface area contributed by atoms with E-state index in [0.29, 0.717) is 6.42 Å². The molecule has 1 heterocycles. The van der Waals surface area contributed by atoms with Gasteiger partial charge in [0.25, 0.3) is 0 Å². The largest absolute Gasteiger partial charge is 0.391 e. The van der Waals surface area contributed by atoms with E-state index in [1.54, 1.807) is 0 Å². The molecule has 0 aromatic rings. The molecular formula is C10H15NO3. The minimum Gasteiger partial charge on any atom is -0.391 e. The molecule has 3 atom stereocenters. The van der Waals surface area contributed by atoms with Crippen molar-refractivity contribution in [3.8, 4) is 0 Å². The minimum atomic E-state index is -0.551. The summed E-state index contributed by atoms with van der Waals surface area (Å²) in [6.07, 6.45) is 1.69. The molecule has 14 heavy (non-hydrogen) atoms. The van der Waals surface area contributed by atoms with Crippen LogP contribution in [-0.2, 0) is 9.59 Å². The van der Waals surface area contributed by atoms with Gasteiger partial charge in [0.15, 0.2) is 0 Å². The highest BCUT2D eigenvalue weighted by molar-refractivity contribution is 6.08. The van der Waals surface area contributed by atoms with Crippen LogP contribution in [0.2, 0.25) is 0 Å². The monoisotopic (exact) mass is 197 g/mol. The number of hydrogen-bond acceptors (Lipinski definition) is 3. The van der Waals surface area contributed by atoms with Crippen molar-refractivity contribution in [2.75, 3.05) is 6.54 Å². The Morgan fingerprint density at radius 2 is 2.00 bits per heavy atom. The zero-order valence-electron chi connectivity index (χ0n) is 8.27. The summed E-state index contributed by atoms with van der Waals surface area (Å²) < 4.78 is 0. The van der Waals surface area contributed by atoms with E-state index in [0.717, 1.165) is 12.8 Å². The molecule has 1 aliphatic heterocycles. The highest BCUT2D eigenvalue weighted by Crippen LogP contribution is 2.46. The van der Waals surface area contributed by atoms with Gasteiger partial charge in [0.05, 0.1) is 24.5 Å². The van der Waals surface area contributed by atoms with Gasteiger partial charge in [-0.2, -0.15) is 0 Å². The van der Waals surface area contributed by atoms with Crippen LogP contribution in [0.25, 0.3) is 0 Å². The number of piperidine rings is 1. The van der Waals surface area contributed by atoms with Gasteiger partial charge >= 0.3 is 0 Å². The van der Waals surface area contributed by atoms with Crippen LogP contribution in [0.3, 0.4) is 0 Å². The van der Waals surface area contributed by atoms with Crippen LogP contribution < -0.4 is 0 Å².